The second kappa shape index (κ2) is 9.91. The summed E-state index contributed by atoms with van der Waals surface area (Å²) in [5.74, 6) is 1.65. The summed E-state index contributed by atoms with van der Waals surface area (Å²) < 4.78 is 22.0. The highest BCUT2D eigenvalue weighted by molar-refractivity contribution is 5.97. The molecule has 2 heterocycles. The van der Waals surface area contributed by atoms with E-state index in [1.54, 1.807) is 30.1 Å². The van der Waals surface area contributed by atoms with Crippen molar-refractivity contribution >= 4 is 17.5 Å². The molecule has 0 bridgehead atoms. The van der Waals surface area contributed by atoms with Gasteiger partial charge in [0, 0.05) is 19.5 Å². The van der Waals surface area contributed by atoms with Crippen LogP contribution in [0.5, 0.6) is 17.2 Å². The van der Waals surface area contributed by atoms with Gasteiger partial charge in [-0.25, -0.2) is 0 Å². The van der Waals surface area contributed by atoms with Crippen LogP contribution in [0.4, 0.5) is 5.69 Å². The molecule has 8 heteroatoms. The van der Waals surface area contributed by atoms with Gasteiger partial charge in [-0.05, 0) is 36.2 Å². The van der Waals surface area contributed by atoms with E-state index in [0.717, 1.165) is 5.56 Å². The number of carbonyl (C=O) groups excluding carboxylic acids is 2. The Bertz CT molecular complexity index is 973. The van der Waals surface area contributed by atoms with Gasteiger partial charge in [0.25, 0.3) is 5.91 Å². The number of benzene rings is 2. The number of rotatable bonds is 6. The lowest BCUT2D eigenvalue weighted by molar-refractivity contribution is -0.142. The van der Waals surface area contributed by atoms with Gasteiger partial charge in [0.1, 0.15) is 5.75 Å². The van der Waals surface area contributed by atoms with Crippen molar-refractivity contribution in [3.63, 3.8) is 0 Å². The van der Waals surface area contributed by atoms with Crippen molar-refractivity contribution in [2.75, 3.05) is 52.0 Å². The summed E-state index contributed by atoms with van der Waals surface area (Å²) in [4.78, 5) is 29.7. The predicted molar refractivity (Wildman–Crippen MR) is 118 cm³/mol. The maximum absolute atomic E-state index is 13.2. The van der Waals surface area contributed by atoms with Crippen LogP contribution in [0.1, 0.15) is 12.0 Å². The minimum Gasteiger partial charge on any atom is -0.493 e. The molecule has 0 spiro atoms. The summed E-state index contributed by atoms with van der Waals surface area (Å²) in [5.41, 5.74) is 1.66. The van der Waals surface area contributed by atoms with Gasteiger partial charge in [-0.3, -0.25) is 9.59 Å². The largest absolute Gasteiger partial charge is 0.493 e. The molecule has 170 valence electrons. The number of ether oxygens (including phenoxy) is 4. The molecule has 2 aliphatic heterocycles. The quantitative estimate of drug-likeness (QED) is 0.686. The number of carbonyl (C=O) groups is 2. The number of nitrogens with zero attached hydrogens (tertiary/aromatic N) is 2. The lowest BCUT2D eigenvalue weighted by Gasteiger charge is -2.37. The smallest absolute Gasteiger partial charge is 0.265 e. The Hall–Kier alpha value is -3.26. The molecule has 0 aliphatic carbocycles. The number of methoxy groups -OCH3 is 2. The fraction of sp³-hybridized carbons (Fsp3) is 0.417. The Kier molecular flexibility index (Phi) is 6.80. The first-order valence-electron chi connectivity index (χ1n) is 10.7. The second-order valence-corrected chi connectivity index (χ2v) is 7.71. The van der Waals surface area contributed by atoms with E-state index >= 15 is 0 Å². The van der Waals surface area contributed by atoms with Crippen LogP contribution < -0.4 is 19.1 Å². The van der Waals surface area contributed by atoms with E-state index in [4.69, 9.17) is 18.9 Å². The van der Waals surface area contributed by atoms with Crippen molar-refractivity contribution in [2.45, 2.75) is 18.9 Å². The third-order valence-electron chi connectivity index (χ3n) is 5.75. The standard InChI is InChI=1S/C24H28N2O6/c1-29-20-9-7-17(15-21(20)30-2)8-10-23(27)26-16-22(24(28)25-11-13-31-14-12-25)32-19-6-4-3-5-18(19)26/h3-7,9,15,22H,8,10-14,16H2,1-2H3. The van der Waals surface area contributed by atoms with Crippen LogP contribution in [0.25, 0.3) is 0 Å². The first-order chi connectivity index (χ1) is 15.6. The van der Waals surface area contributed by atoms with Crippen molar-refractivity contribution in [1.29, 1.82) is 0 Å². The van der Waals surface area contributed by atoms with Crippen LogP contribution in [0.3, 0.4) is 0 Å². The van der Waals surface area contributed by atoms with Crippen molar-refractivity contribution in [2.24, 2.45) is 0 Å². The summed E-state index contributed by atoms with van der Waals surface area (Å²) in [7, 11) is 3.18. The van der Waals surface area contributed by atoms with E-state index < -0.39 is 6.10 Å². The number of hydrogen-bond donors (Lipinski definition) is 0. The van der Waals surface area contributed by atoms with Crippen LogP contribution in [-0.2, 0) is 20.7 Å². The van der Waals surface area contributed by atoms with E-state index in [1.165, 1.54) is 0 Å². The Morgan fingerprint density at radius 2 is 1.78 bits per heavy atom. The van der Waals surface area contributed by atoms with Crippen molar-refractivity contribution in [1.82, 2.24) is 4.90 Å². The van der Waals surface area contributed by atoms with Crippen LogP contribution in [0.15, 0.2) is 42.5 Å². The zero-order chi connectivity index (χ0) is 22.5. The predicted octanol–water partition coefficient (Wildman–Crippen LogP) is 2.29. The molecule has 1 fully saturated rings. The summed E-state index contributed by atoms with van der Waals surface area (Å²) in [5, 5.41) is 0. The van der Waals surface area contributed by atoms with E-state index in [0.29, 0.717) is 62.1 Å². The van der Waals surface area contributed by atoms with Crippen LogP contribution in [0.2, 0.25) is 0 Å². The molecule has 32 heavy (non-hydrogen) atoms. The number of anilines is 1. The van der Waals surface area contributed by atoms with Crippen LogP contribution >= 0.6 is 0 Å². The topological polar surface area (TPSA) is 77.5 Å². The minimum absolute atomic E-state index is 0.0599. The van der Waals surface area contributed by atoms with Gasteiger partial charge in [0.05, 0.1) is 39.7 Å². The molecule has 4 rings (SSSR count). The fourth-order valence-corrected chi connectivity index (χ4v) is 4.01. The molecule has 2 aliphatic rings. The SMILES string of the molecule is COc1ccc(CCC(=O)N2CC(C(=O)N3CCOCC3)Oc3ccccc32)cc1OC. The van der Waals surface area contributed by atoms with Crippen molar-refractivity contribution in [3.8, 4) is 17.2 Å². The summed E-state index contributed by atoms with van der Waals surface area (Å²) in [6.07, 6.45) is 0.108. The minimum atomic E-state index is -0.729. The number of amides is 2. The van der Waals surface area contributed by atoms with Crippen LogP contribution in [-0.4, -0.2) is 69.9 Å². The number of hydrogen-bond acceptors (Lipinski definition) is 6. The number of morpholine rings is 1. The average Bonchev–Trinajstić information content (AvgIpc) is 2.86. The van der Waals surface area contributed by atoms with Crippen molar-refractivity contribution in [3.05, 3.63) is 48.0 Å². The molecule has 2 amide bonds. The Morgan fingerprint density at radius 3 is 2.53 bits per heavy atom. The summed E-state index contributed by atoms with van der Waals surface area (Å²) >= 11 is 0. The molecule has 1 unspecified atom stereocenters. The maximum Gasteiger partial charge on any atom is 0.265 e. The molecule has 0 radical (unpaired) electrons. The molecule has 1 atom stereocenters. The van der Waals surface area contributed by atoms with Crippen molar-refractivity contribution < 1.29 is 28.5 Å². The zero-order valence-corrected chi connectivity index (χ0v) is 18.4. The van der Waals surface area contributed by atoms with Crippen LogP contribution in [0, 0.1) is 0 Å². The Morgan fingerprint density at radius 1 is 1.03 bits per heavy atom. The van der Waals surface area contributed by atoms with Gasteiger partial charge in [0.2, 0.25) is 5.91 Å². The highest BCUT2D eigenvalue weighted by Gasteiger charge is 2.36. The Balaban J connectivity index is 1.48. The Labute approximate surface area is 187 Å². The van der Waals surface area contributed by atoms with E-state index in [1.807, 2.05) is 36.4 Å². The highest BCUT2D eigenvalue weighted by Crippen LogP contribution is 2.34. The lowest BCUT2D eigenvalue weighted by atomic mass is 10.1. The van der Waals surface area contributed by atoms with E-state index in [2.05, 4.69) is 0 Å². The van der Waals surface area contributed by atoms with Gasteiger partial charge < -0.3 is 28.7 Å². The molecular weight excluding hydrogens is 412 g/mol. The molecule has 0 aromatic heterocycles. The van der Waals surface area contributed by atoms with E-state index in [-0.39, 0.29) is 18.4 Å². The average molecular weight is 440 g/mol. The molecule has 8 nitrogen and oxygen atoms in total. The van der Waals surface area contributed by atoms with E-state index in [9.17, 15) is 9.59 Å². The fourth-order valence-electron chi connectivity index (χ4n) is 4.01. The summed E-state index contributed by atoms with van der Waals surface area (Å²) in [6, 6.07) is 13.0. The highest BCUT2D eigenvalue weighted by atomic mass is 16.5. The van der Waals surface area contributed by atoms with Gasteiger partial charge in [-0.2, -0.15) is 0 Å². The third-order valence-corrected chi connectivity index (χ3v) is 5.75. The normalized spacial score (nSPS) is 17.9. The molecule has 0 saturated carbocycles. The molecular formula is C24H28N2O6. The van der Waals surface area contributed by atoms with Gasteiger partial charge in [0.15, 0.2) is 17.6 Å². The number of para-hydroxylation sites is 2. The number of aryl methyl sites for hydroxylation is 1. The van der Waals surface area contributed by atoms with Gasteiger partial charge in [-0.15, -0.1) is 0 Å². The lowest BCUT2D eigenvalue weighted by Crippen LogP contribution is -2.54. The summed E-state index contributed by atoms with van der Waals surface area (Å²) in [6.45, 7) is 2.30. The maximum atomic E-state index is 13.2. The van der Waals surface area contributed by atoms with Gasteiger partial charge in [-0.1, -0.05) is 18.2 Å². The zero-order valence-electron chi connectivity index (χ0n) is 18.4. The molecule has 1 saturated heterocycles. The molecule has 2 aromatic rings. The first kappa shape index (κ1) is 22.0. The third kappa shape index (κ3) is 4.65. The monoisotopic (exact) mass is 440 g/mol. The number of fused-ring (bicyclic) bond motifs is 1. The molecule has 0 N–H and O–H groups in total. The van der Waals surface area contributed by atoms with Gasteiger partial charge >= 0.3 is 0 Å². The molecule has 2 aromatic carbocycles. The first-order valence-corrected chi connectivity index (χ1v) is 10.7. The second-order valence-electron chi connectivity index (χ2n) is 7.71.